The molecule has 0 aromatic heterocycles. The van der Waals surface area contributed by atoms with Crippen molar-refractivity contribution in [3.63, 3.8) is 0 Å². The summed E-state index contributed by atoms with van der Waals surface area (Å²) in [6.07, 6.45) is 2.58. The van der Waals surface area contributed by atoms with E-state index in [1.54, 1.807) is 7.11 Å². The van der Waals surface area contributed by atoms with E-state index in [0.29, 0.717) is 0 Å². The predicted octanol–water partition coefficient (Wildman–Crippen LogP) is 2.77. The zero-order chi connectivity index (χ0) is 16.7. The zero-order valence-corrected chi connectivity index (χ0v) is 14.7. The van der Waals surface area contributed by atoms with Crippen molar-refractivity contribution in [3.05, 3.63) is 24.3 Å². The van der Waals surface area contributed by atoms with Crippen molar-refractivity contribution in [2.45, 2.75) is 32.8 Å². The smallest absolute Gasteiger partial charge is 0.193 e. The van der Waals surface area contributed by atoms with Gasteiger partial charge in [-0.25, -0.2) is 0 Å². The van der Waals surface area contributed by atoms with Gasteiger partial charge >= 0.3 is 0 Å². The number of hydrogen-bond acceptors (Lipinski definition) is 3. The third-order valence-electron chi connectivity index (χ3n) is 4.09. The predicted molar refractivity (Wildman–Crippen MR) is 94.4 cm³/mol. The van der Waals surface area contributed by atoms with Crippen LogP contribution in [0.2, 0.25) is 0 Å². The molecular weight excluding hydrogens is 290 g/mol. The molecule has 2 atom stereocenters. The van der Waals surface area contributed by atoms with E-state index in [2.05, 4.69) is 29.1 Å². The molecule has 1 aliphatic rings. The number of piperidine rings is 1. The summed E-state index contributed by atoms with van der Waals surface area (Å²) in [5, 5.41) is 3.43. The van der Waals surface area contributed by atoms with Crippen molar-refractivity contribution >= 4 is 5.96 Å². The van der Waals surface area contributed by atoms with Crippen LogP contribution in [0.3, 0.4) is 0 Å². The lowest BCUT2D eigenvalue weighted by Gasteiger charge is -2.34. The summed E-state index contributed by atoms with van der Waals surface area (Å²) < 4.78 is 11.2. The second-order valence-corrected chi connectivity index (χ2v) is 6.23. The normalized spacial score (nSPS) is 20.1. The molecular formula is C18H29N3O2. The van der Waals surface area contributed by atoms with Crippen molar-refractivity contribution in [1.82, 2.24) is 10.2 Å². The van der Waals surface area contributed by atoms with Crippen LogP contribution in [0.1, 0.15) is 26.7 Å². The summed E-state index contributed by atoms with van der Waals surface area (Å²) in [6.45, 7) is 7.22. The monoisotopic (exact) mass is 319 g/mol. The first-order valence-corrected chi connectivity index (χ1v) is 8.38. The fraction of sp³-hybridized carbons (Fsp3) is 0.611. The fourth-order valence-electron chi connectivity index (χ4n) is 2.90. The van der Waals surface area contributed by atoms with Gasteiger partial charge in [-0.15, -0.1) is 0 Å². The highest BCUT2D eigenvalue weighted by molar-refractivity contribution is 5.80. The van der Waals surface area contributed by atoms with Crippen molar-refractivity contribution in [1.29, 1.82) is 0 Å². The molecule has 0 bridgehead atoms. The number of hydrogen-bond donors (Lipinski definition) is 1. The maximum absolute atomic E-state index is 5.94. The van der Waals surface area contributed by atoms with Gasteiger partial charge in [0.05, 0.1) is 13.7 Å². The highest BCUT2D eigenvalue weighted by Crippen LogP contribution is 2.20. The van der Waals surface area contributed by atoms with Crippen LogP contribution in [0, 0.1) is 5.92 Å². The Labute approximate surface area is 139 Å². The van der Waals surface area contributed by atoms with Gasteiger partial charge in [-0.2, -0.15) is 0 Å². The molecule has 1 aliphatic heterocycles. The Morgan fingerprint density at radius 2 is 2.22 bits per heavy atom. The van der Waals surface area contributed by atoms with Crippen LogP contribution in [0.15, 0.2) is 29.3 Å². The van der Waals surface area contributed by atoms with E-state index >= 15 is 0 Å². The molecule has 2 unspecified atom stereocenters. The molecule has 23 heavy (non-hydrogen) atoms. The number of guanidine groups is 1. The van der Waals surface area contributed by atoms with E-state index in [-0.39, 0.29) is 6.10 Å². The lowest BCUT2D eigenvalue weighted by molar-refractivity contribution is 0.217. The molecule has 0 spiro atoms. The number of benzene rings is 1. The van der Waals surface area contributed by atoms with Crippen LogP contribution in [-0.4, -0.2) is 50.8 Å². The van der Waals surface area contributed by atoms with Crippen LogP contribution in [0.5, 0.6) is 11.5 Å². The molecule has 0 saturated carbocycles. The molecule has 0 radical (unpaired) electrons. The first-order chi connectivity index (χ1) is 11.1. The van der Waals surface area contributed by atoms with Gasteiger partial charge in [0.1, 0.15) is 17.6 Å². The summed E-state index contributed by atoms with van der Waals surface area (Å²) in [6, 6.07) is 7.69. The van der Waals surface area contributed by atoms with Gasteiger partial charge in [0, 0.05) is 26.2 Å². The minimum Gasteiger partial charge on any atom is -0.497 e. The minimum atomic E-state index is 0.0427. The Hall–Kier alpha value is -1.91. The third kappa shape index (κ3) is 5.34. The lowest BCUT2D eigenvalue weighted by atomic mass is 10.0. The molecule has 1 aromatic carbocycles. The average molecular weight is 319 g/mol. The SMILES string of the molecule is CN=C(NCC(C)Oc1cccc(OC)c1)N1CCCC(C)C1. The standard InChI is InChI=1S/C18H29N3O2/c1-14-7-6-10-21(13-14)18(19-3)20-12-15(2)23-17-9-5-8-16(11-17)22-4/h5,8-9,11,14-15H,6-7,10,12-13H2,1-4H3,(H,19,20). The van der Waals surface area contributed by atoms with Crippen LogP contribution in [-0.2, 0) is 0 Å². The van der Waals surface area contributed by atoms with Gasteiger partial charge in [0.15, 0.2) is 5.96 Å². The zero-order valence-electron chi connectivity index (χ0n) is 14.7. The largest absolute Gasteiger partial charge is 0.497 e. The Morgan fingerprint density at radius 3 is 2.91 bits per heavy atom. The van der Waals surface area contributed by atoms with Crippen LogP contribution in [0.25, 0.3) is 0 Å². The summed E-state index contributed by atoms with van der Waals surface area (Å²) >= 11 is 0. The van der Waals surface area contributed by atoms with Crippen molar-refractivity contribution in [2.24, 2.45) is 10.9 Å². The fourth-order valence-corrected chi connectivity index (χ4v) is 2.90. The summed E-state index contributed by atoms with van der Waals surface area (Å²) in [5.74, 6) is 3.33. The molecule has 0 amide bonds. The second-order valence-electron chi connectivity index (χ2n) is 6.23. The minimum absolute atomic E-state index is 0.0427. The average Bonchev–Trinajstić information content (AvgIpc) is 2.55. The van der Waals surface area contributed by atoms with E-state index in [1.807, 2.05) is 31.3 Å². The van der Waals surface area contributed by atoms with Gasteiger partial charge in [-0.3, -0.25) is 4.99 Å². The highest BCUT2D eigenvalue weighted by atomic mass is 16.5. The number of rotatable bonds is 5. The highest BCUT2D eigenvalue weighted by Gasteiger charge is 2.19. The summed E-state index contributed by atoms with van der Waals surface area (Å²) in [5.41, 5.74) is 0. The van der Waals surface area contributed by atoms with Gasteiger partial charge in [-0.1, -0.05) is 13.0 Å². The molecule has 1 aromatic rings. The van der Waals surface area contributed by atoms with Gasteiger partial charge < -0.3 is 19.7 Å². The van der Waals surface area contributed by atoms with Crippen LogP contribution >= 0.6 is 0 Å². The summed E-state index contributed by atoms with van der Waals surface area (Å²) in [4.78, 5) is 6.75. The van der Waals surface area contributed by atoms with E-state index in [9.17, 15) is 0 Å². The molecule has 0 aliphatic carbocycles. The topological polar surface area (TPSA) is 46.1 Å². The van der Waals surface area contributed by atoms with Crippen molar-refractivity contribution < 1.29 is 9.47 Å². The van der Waals surface area contributed by atoms with E-state index in [4.69, 9.17) is 9.47 Å². The third-order valence-corrected chi connectivity index (χ3v) is 4.09. The van der Waals surface area contributed by atoms with Gasteiger partial charge in [0.25, 0.3) is 0 Å². The maximum Gasteiger partial charge on any atom is 0.193 e. The van der Waals surface area contributed by atoms with E-state index in [1.165, 1.54) is 12.8 Å². The molecule has 128 valence electrons. The molecule has 2 rings (SSSR count). The Morgan fingerprint density at radius 1 is 1.43 bits per heavy atom. The second kappa shape index (κ2) is 8.65. The molecule has 1 N–H and O–H groups in total. The van der Waals surface area contributed by atoms with Crippen LogP contribution < -0.4 is 14.8 Å². The molecule has 5 nitrogen and oxygen atoms in total. The summed E-state index contributed by atoms with van der Waals surface area (Å²) in [7, 11) is 3.50. The Bertz CT molecular complexity index is 519. The number of aliphatic imine (C=N–C) groups is 1. The molecule has 1 heterocycles. The van der Waals surface area contributed by atoms with E-state index in [0.717, 1.165) is 43.0 Å². The molecule has 1 saturated heterocycles. The number of ether oxygens (including phenoxy) is 2. The Kier molecular flexibility index (Phi) is 6.56. The van der Waals surface area contributed by atoms with Crippen molar-refractivity contribution in [3.8, 4) is 11.5 Å². The molecule has 5 heteroatoms. The van der Waals surface area contributed by atoms with Gasteiger partial charge in [0.2, 0.25) is 0 Å². The number of nitrogens with one attached hydrogen (secondary N) is 1. The number of methoxy groups -OCH3 is 1. The van der Waals surface area contributed by atoms with Gasteiger partial charge in [-0.05, 0) is 37.8 Å². The quantitative estimate of drug-likeness (QED) is 0.669. The lowest BCUT2D eigenvalue weighted by Crippen LogP contribution is -2.48. The first-order valence-electron chi connectivity index (χ1n) is 8.38. The number of likely N-dealkylation sites (tertiary alicyclic amines) is 1. The Balaban J connectivity index is 1.83. The van der Waals surface area contributed by atoms with E-state index < -0.39 is 0 Å². The van der Waals surface area contributed by atoms with Crippen molar-refractivity contribution in [2.75, 3.05) is 33.8 Å². The van der Waals surface area contributed by atoms with Crippen LogP contribution in [0.4, 0.5) is 0 Å². The first kappa shape index (κ1) is 17.4. The number of nitrogens with zero attached hydrogens (tertiary/aromatic N) is 2. The molecule has 1 fully saturated rings. The maximum atomic E-state index is 5.94.